The Bertz CT molecular complexity index is 115. The van der Waals surface area contributed by atoms with E-state index in [4.69, 9.17) is 0 Å². The molecule has 0 saturated carbocycles. The lowest BCUT2D eigenvalue weighted by molar-refractivity contribution is -0.118. The molecular weight excluding hydrogens is 143 g/mol. The first-order valence-corrected chi connectivity index (χ1v) is 2.98. The highest BCUT2D eigenvalue weighted by Crippen LogP contribution is 2.13. The number of rotatable bonds is 2. The van der Waals surface area contributed by atoms with E-state index in [1.54, 1.807) is 13.8 Å². The molecule has 0 rings (SSSR count). The molecule has 0 atom stereocenters. The van der Waals surface area contributed by atoms with Gasteiger partial charge in [-0.2, -0.15) is 13.2 Å². The Labute approximate surface area is 58.0 Å². The molecule has 0 N–H and O–H groups in total. The molecule has 1 nitrogen and oxygen atoms in total. The Balaban J connectivity index is 3.54. The van der Waals surface area contributed by atoms with Crippen molar-refractivity contribution < 1.29 is 13.2 Å². The van der Waals surface area contributed by atoms with E-state index in [-0.39, 0.29) is 5.92 Å². The van der Waals surface area contributed by atoms with Crippen LogP contribution in [0.3, 0.4) is 0 Å². The molecule has 0 amide bonds. The molecule has 0 aliphatic rings. The van der Waals surface area contributed by atoms with E-state index in [1.165, 1.54) is 6.21 Å². The van der Waals surface area contributed by atoms with Crippen LogP contribution < -0.4 is 0 Å². The van der Waals surface area contributed by atoms with Gasteiger partial charge in [0.15, 0.2) is 0 Å². The summed E-state index contributed by atoms with van der Waals surface area (Å²) in [6.45, 7) is 2.49. The molecule has 0 aliphatic carbocycles. The first kappa shape index (κ1) is 9.46. The topological polar surface area (TPSA) is 12.4 Å². The highest BCUT2D eigenvalue weighted by Gasteiger charge is 2.25. The smallest absolute Gasteiger partial charge is 0.288 e. The summed E-state index contributed by atoms with van der Waals surface area (Å²) < 4.78 is 34.2. The van der Waals surface area contributed by atoms with E-state index < -0.39 is 12.7 Å². The van der Waals surface area contributed by atoms with E-state index in [0.717, 1.165) is 0 Å². The Morgan fingerprint density at radius 1 is 1.40 bits per heavy atom. The first-order valence-electron chi connectivity index (χ1n) is 2.98. The van der Waals surface area contributed by atoms with Gasteiger partial charge in [-0.3, -0.25) is 4.99 Å². The third-order valence-corrected chi connectivity index (χ3v) is 0.674. The second-order valence-corrected chi connectivity index (χ2v) is 2.35. The highest BCUT2D eigenvalue weighted by atomic mass is 19.4. The maximum atomic E-state index is 11.4. The van der Waals surface area contributed by atoms with Crippen molar-refractivity contribution in [1.82, 2.24) is 0 Å². The summed E-state index contributed by atoms with van der Waals surface area (Å²) in [5.41, 5.74) is 0. The molecule has 0 saturated heterocycles. The third kappa shape index (κ3) is 7.46. The van der Waals surface area contributed by atoms with Crippen LogP contribution in [-0.4, -0.2) is 18.9 Å². The average molecular weight is 153 g/mol. The first-order chi connectivity index (χ1) is 4.42. The zero-order valence-corrected chi connectivity index (χ0v) is 5.94. The fourth-order valence-corrected chi connectivity index (χ4v) is 0.367. The molecular formula is C6H10F3N. The number of alkyl halides is 3. The van der Waals surface area contributed by atoms with Crippen molar-refractivity contribution in [3.8, 4) is 0 Å². The number of halogens is 3. The van der Waals surface area contributed by atoms with E-state index in [0.29, 0.717) is 0 Å². The second-order valence-electron chi connectivity index (χ2n) is 2.35. The summed E-state index contributed by atoms with van der Waals surface area (Å²) >= 11 is 0. The number of nitrogens with zero attached hydrogens (tertiary/aromatic N) is 1. The van der Waals surface area contributed by atoms with Gasteiger partial charge in [-0.25, -0.2) is 0 Å². The number of aliphatic imine (C=N–C) groups is 1. The van der Waals surface area contributed by atoms with Crippen LogP contribution in [0.15, 0.2) is 4.99 Å². The second kappa shape index (κ2) is 3.58. The quantitative estimate of drug-likeness (QED) is 0.539. The minimum Gasteiger partial charge on any atom is -0.288 e. The van der Waals surface area contributed by atoms with Crippen LogP contribution in [-0.2, 0) is 0 Å². The van der Waals surface area contributed by atoms with Gasteiger partial charge in [0, 0.05) is 6.21 Å². The predicted molar refractivity (Wildman–Crippen MR) is 34.3 cm³/mol. The van der Waals surface area contributed by atoms with E-state index in [9.17, 15) is 13.2 Å². The van der Waals surface area contributed by atoms with Crippen LogP contribution in [0.4, 0.5) is 13.2 Å². The molecule has 0 spiro atoms. The van der Waals surface area contributed by atoms with Crippen molar-refractivity contribution in [2.75, 3.05) is 6.54 Å². The molecule has 60 valence electrons. The minimum absolute atomic E-state index is 0.0855. The summed E-state index contributed by atoms with van der Waals surface area (Å²) in [5.74, 6) is 0.0855. The zero-order chi connectivity index (χ0) is 8.20. The molecule has 0 aromatic heterocycles. The maximum absolute atomic E-state index is 11.4. The van der Waals surface area contributed by atoms with Crippen molar-refractivity contribution in [2.24, 2.45) is 10.9 Å². The van der Waals surface area contributed by atoms with E-state index >= 15 is 0 Å². The predicted octanol–water partition coefficient (Wildman–Crippen LogP) is 2.28. The van der Waals surface area contributed by atoms with Crippen LogP contribution in [0.5, 0.6) is 0 Å². The molecule has 0 bridgehead atoms. The van der Waals surface area contributed by atoms with Crippen LogP contribution in [0.2, 0.25) is 0 Å². The fraction of sp³-hybridized carbons (Fsp3) is 0.833. The summed E-state index contributed by atoms with van der Waals surface area (Å²) in [4.78, 5) is 3.19. The molecule has 0 aromatic rings. The van der Waals surface area contributed by atoms with Gasteiger partial charge in [0.1, 0.15) is 6.54 Å². The Morgan fingerprint density at radius 3 is 2.20 bits per heavy atom. The average Bonchev–Trinajstić information content (AvgIpc) is 1.59. The van der Waals surface area contributed by atoms with E-state index in [2.05, 4.69) is 4.99 Å². The number of hydrogen-bond donors (Lipinski definition) is 0. The zero-order valence-electron chi connectivity index (χ0n) is 5.94. The van der Waals surface area contributed by atoms with Gasteiger partial charge >= 0.3 is 6.18 Å². The Hall–Kier alpha value is -0.540. The van der Waals surface area contributed by atoms with E-state index in [1.807, 2.05) is 0 Å². The summed E-state index contributed by atoms with van der Waals surface area (Å²) in [6.07, 6.45) is -2.86. The van der Waals surface area contributed by atoms with Gasteiger partial charge in [0.05, 0.1) is 0 Å². The summed E-state index contributed by atoms with van der Waals surface area (Å²) in [7, 11) is 0. The lowest BCUT2D eigenvalue weighted by Gasteiger charge is -2.00. The van der Waals surface area contributed by atoms with Gasteiger partial charge in [-0.05, 0) is 5.92 Å². The van der Waals surface area contributed by atoms with Crippen LogP contribution in [0, 0.1) is 5.92 Å². The van der Waals surface area contributed by atoms with Gasteiger partial charge in [0.25, 0.3) is 0 Å². The normalized spacial score (nSPS) is 13.4. The van der Waals surface area contributed by atoms with Crippen LogP contribution in [0.25, 0.3) is 0 Å². The minimum atomic E-state index is -4.16. The van der Waals surface area contributed by atoms with Crippen LogP contribution in [0.1, 0.15) is 13.8 Å². The van der Waals surface area contributed by atoms with Crippen LogP contribution >= 0.6 is 0 Å². The lowest BCUT2D eigenvalue weighted by Crippen LogP contribution is -2.12. The van der Waals surface area contributed by atoms with Gasteiger partial charge in [-0.1, -0.05) is 13.8 Å². The molecule has 0 unspecified atom stereocenters. The highest BCUT2D eigenvalue weighted by molar-refractivity contribution is 5.59. The van der Waals surface area contributed by atoms with Gasteiger partial charge in [-0.15, -0.1) is 0 Å². The molecule has 0 radical (unpaired) electrons. The third-order valence-electron chi connectivity index (χ3n) is 0.674. The molecule has 0 fully saturated rings. The summed E-state index contributed by atoms with van der Waals surface area (Å²) in [6, 6.07) is 0. The monoisotopic (exact) mass is 153 g/mol. The largest absolute Gasteiger partial charge is 0.407 e. The van der Waals surface area contributed by atoms with Crippen molar-refractivity contribution >= 4 is 6.21 Å². The Morgan fingerprint density at radius 2 is 1.90 bits per heavy atom. The SMILES string of the molecule is CC(C)C=NCC(F)(F)F. The molecule has 0 aromatic carbocycles. The molecule has 10 heavy (non-hydrogen) atoms. The van der Waals surface area contributed by atoms with Crippen molar-refractivity contribution in [3.63, 3.8) is 0 Å². The summed E-state index contributed by atoms with van der Waals surface area (Å²) in [5, 5.41) is 0. The molecule has 0 heterocycles. The maximum Gasteiger partial charge on any atom is 0.407 e. The van der Waals surface area contributed by atoms with Crippen molar-refractivity contribution in [2.45, 2.75) is 20.0 Å². The standard InChI is InChI=1S/C6H10F3N/c1-5(2)3-10-4-6(7,8)9/h3,5H,4H2,1-2H3. The molecule has 4 heteroatoms. The van der Waals surface area contributed by atoms with Crippen molar-refractivity contribution in [3.05, 3.63) is 0 Å². The fourth-order valence-electron chi connectivity index (χ4n) is 0.367. The molecule has 0 aliphatic heterocycles. The van der Waals surface area contributed by atoms with Gasteiger partial charge < -0.3 is 0 Å². The number of hydrogen-bond acceptors (Lipinski definition) is 1. The Kier molecular flexibility index (Phi) is 3.39. The van der Waals surface area contributed by atoms with Gasteiger partial charge in [0.2, 0.25) is 0 Å². The van der Waals surface area contributed by atoms with Crippen molar-refractivity contribution in [1.29, 1.82) is 0 Å². The lowest BCUT2D eigenvalue weighted by atomic mass is 10.2.